The molecule has 32 heavy (non-hydrogen) atoms. The lowest BCUT2D eigenvalue weighted by Crippen LogP contribution is -2.39. The maximum atomic E-state index is 12.2. The highest BCUT2D eigenvalue weighted by Crippen LogP contribution is 2.30. The second-order valence-corrected chi connectivity index (χ2v) is 8.71. The molecular weight excluding hydrogens is 404 g/mol. The Balaban J connectivity index is 1.57. The first kappa shape index (κ1) is 22.1. The molecule has 1 aromatic carbocycles. The van der Waals surface area contributed by atoms with Crippen LogP contribution in [0.15, 0.2) is 35.6 Å². The molecule has 8 heteroatoms. The highest BCUT2D eigenvalue weighted by molar-refractivity contribution is 6.13. The Bertz CT molecular complexity index is 1130. The highest BCUT2D eigenvalue weighted by Gasteiger charge is 2.23. The molecule has 0 bridgehead atoms. The summed E-state index contributed by atoms with van der Waals surface area (Å²) in [5.41, 5.74) is 3.32. The average Bonchev–Trinajstić information content (AvgIpc) is 3.36. The van der Waals surface area contributed by atoms with Gasteiger partial charge < -0.3 is 20.3 Å². The minimum absolute atomic E-state index is 0.0442. The van der Waals surface area contributed by atoms with Crippen molar-refractivity contribution in [1.82, 2.24) is 25.0 Å². The zero-order valence-corrected chi connectivity index (χ0v) is 19.2. The van der Waals surface area contributed by atoms with E-state index in [1.54, 1.807) is 24.4 Å². The van der Waals surface area contributed by atoms with Crippen LogP contribution in [0, 0.1) is 0 Å². The van der Waals surface area contributed by atoms with Gasteiger partial charge >= 0.3 is 0 Å². The second kappa shape index (κ2) is 9.16. The quantitative estimate of drug-likeness (QED) is 0.509. The van der Waals surface area contributed by atoms with Gasteiger partial charge in [0.25, 0.3) is 5.91 Å². The van der Waals surface area contributed by atoms with Crippen molar-refractivity contribution in [3.05, 3.63) is 41.7 Å². The molecule has 1 aliphatic rings. The van der Waals surface area contributed by atoms with Crippen LogP contribution in [0.5, 0.6) is 5.88 Å². The second-order valence-electron chi connectivity index (χ2n) is 8.71. The first-order valence-electron chi connectivity index (χ1n) is 11.3. The van der Waals surface area contributed by atoms with Gasteiger partial charge in [0.2, 0.25) is 0 Å². The largest absolute Gasteiger partial charge is 0.494 e. The number of nitrogens with zero attached hydrogens (tertiary/aromatic N) is 4. The summed E-state index contributed by atoms with van der Waals surface area (Å²) in [5, 5.41) is 18.7. The molecule has 0 unspecified atom stereocenters. The predicted molar refractivity (Wildman–Crippen MR) is 127 cm³/mol. The molecule has 1 saturated heterocycles. The normalized spacial score (nSPS) is 16.2. The van der Waals surface area contributed by atoms with E-state index in [-0.39, 0.29) is 11.8 Å². The van der Waals surface area contributed by atoms with E-state index in [2.05, 4.69) is 34.1 Å². The Hall–Kier alpha value is -3.13. The van der Waals surface area contributed by atoms with E-state index in [0.717, 1.165) is 42.5 Å². The van der Waals surface area contributed by atoms with E-state index >= 15 is 0 Å². The number of piperidine rings is 1. The number of aromatic amines is 1. The van der Waals surface area contributed by atoms with Gasteiger partial charge in [0.1, 0.15) is 5.69 Å². The van der Waals surface area contributed by atoms with E-state index < -0.39 is 0 Å². The van der Waals surface area contributed by atoms with Crippen LogP contribution in [0.4, 0.5) is 5.69 Å². The number of hydrogen-bond acceptors (Lipinski definition) is 5. The monoisotopic (exact) mass is 436 g/mol. The van der Waals surface area contributed by atoms with Crippen LogP contribution in [0.25, 0.3) is 10.9 Å². The Morgan fingerprint density at radius 2 is 2.09 bits per heavy atom. The number of carbonyl (C=O) groups is 1. The van der Waals surface area contributed by atoms with Crippen molar-refractivity contribution in [1.29, 1.82) is 0 Å². The molecule has 1 amide bonds. The molecule has 1 aliphatic heterocycles. The maximum Gasteiger partial charge on any atom is 0.251 e. The molecule has 4 rings (SSSR count). The standard InChI is InChI=1S/C24H32N6O2/c1-5-25-23(31)17-6-7-21-20(12-17)22(24(32)28-21)16(4)27-18-13-26-30(14-18)19-8-10-29(11-9-19)15(2)3/h6-7,12-15,19,28,32H,5,8-11H2,1-4H3,(H,25,31). The van der Waals surface area contributed by atoms with Gasteiger partial charge in [-0.05, 0) is 58.7 Å². The summed E-state index contributed by atoms with van der Waals surface area (Å²) in [6, 6.07) is 6.30. The first-order chi connectivity index (χ1) is 15.4. The minimum atomic E-state index is -0.138. The van der Waals surface area contributed by atoms with E-state index in [1.165, 1.54) is 0 Å². The summed E-state index contributed by atoms with van der Waals surface area (Å²) in [6.45, 7) is 10.9. The Kier molecular flexibility index (Phi) is 6.32. The molecule has 0 saturated carbocycles. The molecule has 0 spiro atoms. The van der Waals surface area contributed by atoms with Gasteiger partial charge in [-0.3, -0.25) is 9.48 Å². The number of aromatic nitrogens is 3. The lowest BCUT2D eigenvalue weighted by molar-refractivity contribution is 0.0956. The lowest BCUT2D eigenvalue weighted by Gasteiger charge is -2.34. The number of rotatable bonds is 6. The molecule has 8 nitrogen and oxygen atoms in total. The zero-order valence-electron chi connectivity index (χ0n) is 19.2. The number of aromatic hydroxyl groups is 1. The summed E-state index contributed by atoms with van der Waals surface area (Å²) >= 11 is 0. The molecular formula is C24H32N6O2. The van der Waals surface area contributed by atoms with Gasteiger partial charge in [-0.2, -0.15) is 5.10 Å². The SMILES string of the molecule is CCNC(=O)c1ccc2[nH]c(O)c(C(C)=Nc3cnn(C4CCN(C(C)C)CC4)c3)c2c1. The number of benzene rings is 1. The lowest BCUT2D eigenvalue weighted by atomic mass is 10.0. The van der Waals surface area contributed by atoms with Gasteiger partial charge in [0.15, 0.2) is 5.88 Å². The van der Waals surface area contributed by atoms with Gasteiger partial charge in [-0.25, -0.2) is 4.99 Å². The Morgan fingerprint density at radius 1 is 1.34 bits per heavy atom. The number of hydrogen-bond donors (Lipinski definition) is 3. The Labute approximate surface area is 188 Å². The van der Waals surface area contributed by atoms with Crippen molar-refractivity contribution in [2.45, 2.75) is 52.6 Å². The summed E-state index contributed by atoms with van der Waals surface area (Å²) in [4.78, 5) is 22.5. The third-order valence-corrected chi connectivity index (χ3v) is 6.23. The number of H-pyrrole nitrogens is 1. The van der Waals surface area contributed by atoms with Crippen molar-refractivity contribution in [2.75, 3.05) is 19.6 Å². The Morgan fingerprint density at radius 3 is 2.78 bits per heavy atom. The maximum absolute atomic E-state index is 12.2. The van der Waals surface area contributed by atoms with Crippen LogP contribution in [-0.4, -0.2) is 62.1 Å². The van der Waals surface area contributed by atoms with Gasteiger partial charge in [-0.15, -0.1) is 0 Å². The fraction of sp³-hybridized carbons (Fsp3) is 0.458. The molecule has 170 valence electrons. The molecule has 3 heterocycles. The van der Waals surface area contributed by atoms with E-state index in [0.29, 0.717) is 35.5 Å². The summed E-state index contributed by atoms with van der Waals surface area (Å²) in [5.74, 6) is -0.0943. The predicted octanol–water partition coefficient (Wildman–Crippen LogP) is 4.01. The minimum Gasteiger partial charge on any atom is -0.494 e. The third-order valence-electron chi connectivity index (χ3n) is 6.23. The van der Waals surface area contributed by atoms with Crippen molar-refractivity contribution in [3.63, 3.8) is 0 Å². The zero-order chi connectivity index (χ0) is 22.8. The number of likely N-dealkylation sites (tertiary alicyclic amines) is 1. The smallest absolute Gasteiger partial charge is 0.251 e. The molecule has 1 fully saturated rings. The molecule has 0 atom stereocenters. The van der Waals surface area contributed by atoms with Crippen molar-refractivity contribution in [3.8, 4) is 5.88 Å². The molecule has 0 aliphatic carbocycles. The summed E-state index contributed by atoms with van der Waals surface area (Å²) < 4.78 is 2.02. The average molecular weight is 437 g/mol. The van der Waals surface area contributed by atoms with E-state index in [4.69, 9.17) is 4.99 Å². The molecule has 3 N–H and O–H groups in total. The van der Waals surface area contributed by atoms with E-state index in [9.17, 15) is 9.90 Å². The number of carbonyl (C=O) groups excluding carboxylic acids is 1. The first-order valence-corrected chi connectivity index (χ1v) is 11.3. The van der Waals surface area contributed by atoms with Crippen LogP contribution < -0.4 is 5.32 Å². The third kappa shape index (κ3) is 4.41. The van der Waals surface area contributed by atoms with Gasteiger partial charge in [-0.1, -0.05) is 0 Å². The fourth-order valence-electron chi connectivity index (χ4n) is 4.45. The number of fused-ring (bicyclic) bond motifs is 1. The molecule has 2 aromatic heterocycles. The van der Waals surface area contributed by atoms with Crippen LogP contribution in [0.1, 0.15) is 62.5 Å². The van der Waals surface area contributed by atoms with Crippen molar-refractivity contribution in [2.24, 2.45) is 4.99 Å². The van der Waals surface area contributed by atoms with Gasteiger partial charge in [0, 0.05) is 42.1 Å². The molecule has 3 aromatic rings. The van der Waals surface area contributed by atoms with Gasteiger partial charge in [0.05, 0.1) is 29.7 Å². The number of amides is 1. The fourth-order valence-corrected chi connectivity index (χ4v) is 4.45. The topological polar surface area (TPSA) is 98.5 Å². The summed E-state index contributed by atoms with van der Waals surface area (Å²) in [7, 11) is 0. The van der Waals surface area contributed by atoms with Crippen molar-refractivity contribution < 1.29 is 9.90 Å². The molecule has 0 radical (unpaired) electrons. The highest BCUT2D eigenvalue weighted by atomic mass is 16.3. The van der Waals surface area contributed by atoms with Crippen LogP contribution >= 0.6 is 0 Å². The van der Waals surface area contributed by atoms with E-state index in [1.807, 2.05) is 24.7 Å². The van der Waals surface area contributed by atoms with Crippen LogP contribution in [-0.2, 0) is 0 Å². The van der Waals surface area contributed by atoms with Crippen LogP contribution in [0.3, 0.4) is 0 Å². The van der Waals surface area contributed by atoms with Crippen LogP contribution in [0.2, 0.25) is 0 Å². The number of nitrogens with one attached hydrogen (secondary N) is 2. The number of aliphatic imine (C=N–C) groups is 1. The van der Waals surface area contributed by atoms with Crippen molar-refractivity contribution >= 4 is 28.2 Å². The summed E-state index contributed by atoms with van der Waals surface area (Å²) in [6.07, 6.45) is 5.90.